The summed E-state index contributed by atoms with van der Waals surface area (Å²) in [5.74, 6) is -0.908. The number of nitrogens with zero attached hydrogens (tertiary/aromatic N) is 2. The van der Waals surface area contributed by atoms with E-state index in [2.05, 4.69) is 5.32 Å². The summed E-state index contributed by atoms with van der Waals surface area (Å²) in [6.45, 7) is 2.54. The smallest absolute Gasteiger partial charge is 0.294 e. The van der Waals surface area contributed by atoms with Crippen LogP contribution in [0.3, 0.4) is 0 Å². The monoisotopic (exact) mass is 547 g/mol. The Morgan fingerprint density at radius 3 is 2.58 bits per heavy atom. The molecule has 0 radical (unpaired) electrons. The fourth-order valence-corrected chi connectivity index (χ4v) is 4.94. The molecule has 2 fully saturated rings. The molecule has 0 spiro atoms. The summed E-state index contributed by atoms with van der Waals surface area (Å²) < 4.78 is 5.68. The van der Waals surface area contributed by atoms with Crippen LogP contribution < -0.4 is 10.1 Å². The van der Waals surface area contributed by atoms with Crippen LogP contribution in [0, 0.1) is 6.92 Å². The SMILES string of the molecule is Cc1ccc(NC(=O)COc2ccc(Cl)cc2/C=C2\SC(=O)N(CC(=O)N3CCCC3)C2=O)cc1Cl. The predicted molar refractivity (Wildman–Crippen MR) is 140 cm³/mol. The summed E-state index contributed by atoms with van der Waals surface area (Å²) in [5.41, 5.74) is 1.85. The van der Waals surface area contributed by atoms with Crippen molar-refractivity contribution in [3.8, 4) is 5.75 Å². The fourth-order valence-electron chi connectivity index (χ4n) is 3.75. The van der Waals surface area contributed by atoms with Crippen LogP contribution in [0.15, 0.2) is 41.3 Å². The van der Waals surface area contributed by atoms with Gasteiger partial charge in [-0.05, 0) is 73.5 Å². The van der Waals surface area contributed by atoms with E-state index in [1.165, 1.54) is 6.08 Å². The van der Waals surface area contributed by atoms with Crippen LogP contribution in [0.4, 0.5) is 10.5 Å². The summed E-state index contributed by atoms with van der Waals surface area (Å²) in [4.78, 5) is 52.9. The number of benzene rings is 2. The number of halogens is 2. The highest BCUT2D eigenvalue weighted by molar-refractivity contribution is 8.18. The number of carbonyl (C=O) groups excluding carboxylic acids is 4. The van der Waals surface area contributed by atoms with E-state index in [1.54, 1.807) is 41.3 Å². The lowest BCUT2D eigenvalue weighted by atomic mass is 10.2. The lowest BCUT2D eigenvalue weighted by molar-refractivity contribution is -0.135. The molecule has 36 heavy (non-hydrogen) atoms. The number of hydrogen-bond acceptors (Lipinski definition) is 6. The second-order valence-corrected chi connectivity index (χ2v) is 10.2. The molecule has 2 saturated heterocycles. The summed E-state index contributed by atoms with van der Waals surface area (Å²) in [7, 11) is 0. The highest BCUT2D eigenvalue weighted by Crippen LogP contribution is 2.35. The molecule has 2 aliphatic rings. The van der Waals surface area contributed by atoms with Crippen LogP contribution in [0.5, 0.6) is 5.75 Å². The van der Waals surface area contributed by atoms with Crippen molar-refractivity contribution < 1.29 is 23.9 Å². The van der Waals surface area contributed by atoms with Gasteiger partial charge in [0.25, 0.3) is 17.1 Å². The molecule has 0 unspecified atom stereocenters. The van der Waals surface area contributed by atoms with Crippen molar-refractivity contribution in [2.45, 2.75) is 19.8 Å². The Morgan fingerprint density at radius 1 is 1.11 bits per heavy atom. The summed E-state index contributed by atoms with van der Waals surface area (Å²) in [6, 6.07) is 9.90. The summed E-state index contributed by atoms with van der Waals surface area (Å²) in [6.07, 6.45) is 3.31. The van der Waals surface area contributed by atoms with Crippen LogP contribution in [-0.4, -0.2) is 59.0 Å². The van der Waals surface area contributed by atoms with Crippen molar-refractivity contribution in [1.82, 2.24) is 9.80 Å². The average Bonchev–Trinajstić information content (AvgIpc) is 3.46. The quantitative estimate of drug-likeness (QED) is 0.491. The van der Waals surface area contributed by atoms with Crippen LogP contribution in [0.25, 0.3) is 6.08 Å². The third kappa shape index (κ3) is 6.21. The molecule has 2 heterocycles. The molecule has 4 amide bonds. The number of hydrogen-bond donors (Lipinski definition) is 1. The number of amides is 4. The Labute approximate surface area is 222 Å². The third-order valence-electron chi connectivity index (χ3n) is 5.70. The third-order valence-corrected chi connectivity index (χ3v) is 7.25. The van der Waals surface area contributed by atoms with E-state index in [1.807, 2.05) is 6.92 Å². The number of thioether (sulfide) groups is 1. The lowest BCUT2D eigenvalue weighted by Crippen LogP contribution is -2.40. The van der Waals surface area contributed by atoms with Crippen molar-refractivity contribution in [3.05, 3.63) is 62.5 Å². The maximum absolute atomic E-state index is 12.9. The molecule has 2 aliphatic heterocycles. The number of imide groups is 1. The molecule has 4 rings (SSSR count). The van der Waals surface area contributed by atoms with Gasteiger partial charge in [-0.2, -0.15) is 0 Å². The van der Waals surface area contributed by atoms with Gasteiger partial charge in [0, 0.05) is 34.4 Å². The van der Waals surface area contributed by atoms with Gasteiger partial charge < -0.3 is 15.0 Å². The lowest BCUT2D eigenvalue weighted by Gasteiger charge is -2.18. The van der Waals surface area contributed by atoms with Gasteiger partial charge in [0.2, 0.25) is 5.91 Å². The molecule has 0 atom stereocenters. The maximum Gasteiger partial charge on any atom is 0.294 e. The predicted octanol–water partition coefficient (Wildman–Crippen LogP) is 4.98. The van der Waals surface area contributed by atoms with Crippen LogP contribution in [0.1, 0.15) is 24.0 Å². The molecule has 2 aromatic rings. The molecule has 2 aromatic carbocycles. The van der Waals surface area contributed by atoms with E-state index in [0.717, 1.165) is 35.1 Å². The molecule has 0 saturated carbocycles. The van der Waals surface area contributed by atoms with Crippen LogP contribution in [0.2, 0.25) is 10.0 Å². The normalized spacial score (nSPS) is 16.7. The van der Waals surface area contributed by atoms with Gasteiger partial charge in [0.1, 0.15) is 12.3 Å². The first-order valence-electron chi connectivity index (χ1n) is 11.2. The van der Waals surface area contributed by atoms with Gasteiger partial charge in [-0.25, -0.2) is 0 Å². The summed E-state index contributed by atoms with van der Waals surface area (Å²) >= 11 is 13.0. The standard InChI is InChI=1S/C25H23Cl2N3O5S/c1-15-4-6-18(12-19(15)27)28-22(31)14-35-20-7-5-17(26)10-16(20)11-21-24(33)30(25(34)36-21)13-23(32)29-8-2-3-9-29/h4-7,10-12H,2-3,8-9,13-14H2,1H3,(H,28,31)/b21-11-. The van der Waals surface area contributed by atoms with Gasteiger partial charge in [-0.15, -0.1) is 0 Å². The highest BCUT2D eigenvalue weighted by Gasteiger charge is 2.37. The minimum Gasteiger partial charge on any atom is -0.483 e. The average molecular weight is 548 g/mol. The minimum atomic E-state index is -0.558. The minimum absolute atomic E-state index is 0.139. The number of carbonyl (C=O) groups is 4. The molecule has 188 valence electrons. The Hall–Kier alpha value is -3.01. The van der Waals surface area contributed by atoms with Gasteiger partial charge in [0.15, 0.2) is 6.61 Å². The van der Waals surface area contributed by atoms with Gasteiger partial charge in [0.05, 0.1) is 4.91 Å². The zero-order valence-corrected chi connectivity index (χ0v) is 21.7. The van der Waals surface area contributed by atoms with E-state index >= 15 is 0 Å². The zero-order valence-electron chi connectivity index (χ0n) is 19.4. The Morgan fingerprint density at radius 2 is 1.86 bits per heavy atom. The zero-order chi connectivity index (χ0) is 25.8. The first kappa shape index (κ1) is 26.1. The first-order valence-corrected chi connectivity index (χ1v) is 12.8. The number of likely N-dealkylation sites (tertiary alicyclic amines) is 1. The molecule has 0 aliphatic carbocycles. The van der Waals surface area contributed by atoms with Crippen LogP contribution in [-0.2, 0) is 14.4 Å². The van der Waals surface area contributed by atoms with E-state index in [-0.39, 0.29) is 24.0 Å². The Balaban J connectivity index is 1.44. The number of ether oxygens (including phenoxy) is 1. The fraction of sp³-hybridized carbons (Fsp3) is 0.280. The maximum atomic E-state index is 12.9. The molecular weight excluding hydrogens is 525 g/mol. The van der Waals surface area contributed by atoms with Crippen molar-refractivity contribution in [2.75, 3.05) is 31.6 Å². The number of nitrogens with one attached hydrogen (secondary N) is 1. The van der Waals surface area contributed by atoms with Gasteiger partial charge in [-0.3, -0.25) is 24.1 Å². The molecular formula is C25H23Cl2N3O5S. The number of rotatable bonds is 7. The number of aryl methyl sites for hydroxylation is 1. The van der Waals surface area contributed by atoms with Crippen molar-refractivity contribution in [2.24, 2.45) is 0 Å². The van der Waals surface area contributed by atoms with Crippen molar-refractivity contribution >= 4 is 69.7 Å². The van der Waals surface area contributed by atoms with Gasteiger partial charge >= 0.3 is 0 Å². The molecule has 8 nitrogen and oxygen atoms in total. The second-order valence-electron chi connectivity index (χ2n) is 8.34. The van der Waals surface area contributed by atoms with Gasteiger partial charge in [-0.1, -0.05) is 29.3 Å². The van der Waals surface area contributed by atoms with Crippen LogP contribution >= 0.6 is 35.0 Å². The Kier molecular flexibility index (Phi) is 8.23. The van der Waals surface area contributed by atoms with Crippen molar-refractivity contribution in [3.63, 3.8) is 0 Å². The highest BCUT2D eigenvalue weighted by atomic mass is 35.5. The number of anilines is 1. The molecule has 1 N–H and O–H groups in total. The second kappa shape index (κ2) is 11.4. The van der Waals surface area contributed by atoms with E-state index < -0.39 is 17.1 Å². The van der Waals surface area contributed by atoms with E-state index in [9.17, 15) is 19.2 Å². The van der Waals surface area contributed by atoms with Crippen molar-refractivity contribution in [1.29, 1.82) is 0 Å². The largest absolute Gasteiger partial charge is 0.483 e. The molecule has 0 aromatic heterocycles. The summed E-state index contributed by atoms with van der Waals surface area (Å²) in [5, 5.41) is 3.11. The van der Waals surface area contributed by atoms with E-state index in [0.29, 0.717) is 40.1 Å². The topological polar surface area (TPSA) is 96.0 Å². The molecule has 0 bridgehead atoms. The first-order chi connectivity index (χ1) is 17.2. The molecule has 11 heteroatoms. The Bertz CT molecular complexity index is 1260. The van der Waals surface area contributed by atoms with E-state index in [4.69, 9.17) is 27.9 Å².